The van der Waals surface area contributed by atoms with Crippen LogP contribution in [0.4, 0.5) is 5.69 Å². The van der Waals surface area contributed by atoms with E-state index in [1.54, 1.807) is 25.3 Å². The summed E-state index contributed by atoms with van der Waals surface area (Å²) in [7, 11) is 2.93. The van der Waals surface area contributed by atoms with Gasteiger partial charge < -0.3 is 24.3 Å². The quantitative estimate of drug-likeness (QED) is 0.614. The molecular formula is C25H31NO6. The third-order valence-corrected chi connectivity index (χ3v) is 5.97. The van der Waals surface area contributed by atoms with Crippen LogP contribution in [0.2, 0.25) is 0 Å². The summed E-state index contributed by atoms with van der Waals surface area (Å²) in [5.74, 6) is 0.504. The zero-order valence-electron chi connectivity index (χ0n) is 19.1. The summed E-state index contributed by atoms with van der Waals surface area (Å²) in [6, 6.07) is 12.6. The third kappa shape index (κ3) is 5.05. The second-order valence-electron chi connectivity index (χ2n) is 7.92. The highest BCUT2D eigenvalue weighted by atomic mass is 16.5. The molecule has 1 heterocycles. The standard InChI is InChI=1S/C25H31NO6/c1-5-17(2)32-22-11-8-19(16-21(22)23(27)30-4)26-24(28)25(12-14-31-15-13-25)18-6-9-20(29-3)10-7-18/h6-11,16-17H,5,12-15H2,1-4H3,(H,26,28). The SMILES string of the molecule is CCC(C)Oc1ccc(NC(=O)C2(c3ccc(OC)cc3)CCOCC2)cc1C(=O)OC. The number of nitrogens with one attached hydrogen (secondary N) is 1. The second-order valence-corrected chi connectivity index (χ2v) is 7.92. The molecule has 1 aliphatic rings. The van der Waals surface area contributed by atoms with E-state index in [-0.39, 0.29) is 17.6 Å². The number of benzene rings is 2. The highest BCUT2D eigenvalue weighted by molar-refractivity contribution is 6.01. The van der Waals surface area contributed by atoms with Crippen molar-refractivity contribution in [2.45, 2.75) is 44.6 Å². The minimum Gasteiger partial charge on any atom is -0.497 e. The number of methoxy groups -OCH3 is 2. The van der Waals surface area contributed by atoms with Gasteiger partial charge in [0.2, 0.25) is 5.91 Å². The fourth-order valence-electron chi connectivity index (χ4n) is 3.81. The number of ether oxygens (including phenoxy) is 4. The van der Waals surface area contributed by atoms with Crippen LogP contribution in [-0.4, -0.2) is 45.4 Å². The number of hydrogen-bond acceptors (Lipinski definition) is 6. The van der Waals surface area contributed by atoms with Crippen molar-refractivity contribution in [2.75, 3.05) is 32.8 Å². The predicted octanol–water partition coefficient (Wildman–Crippen LogP) is 4.35. The Balaban J connectivity index is 1.91. The van der Waals surface area contributed by atoms with Gasteiger partial charge in [0.1, 0.15) is 17.1 Å². The molecule has 0 aromatic heterocycles. The Morgan fingerprint density at radius 3 is 2.38 bits per heavy atom. The lowest BCUT2D eigenvalue weighted by Crippen LogP contribution is -2.44. The van der Waals surface area contributed by atoms with Crippen LogP contribution in [0, 0.1) is 0 Å². The first kappa shape index (κ1) is 23.6. The highest BCUT2D eigenvalue weighted by Crippen LogP contribution is 2.37. The van der Waals surface area contributed by atoms with Crippen molar-refractivity contribution in [1.29, 1.82) is 0 Å². The second kappa shape index (κ2) is 10.5. The lowest BCUT2D eigenvalue weighted by atomic mass is 9.73. The summed E-state index contributed by atoms with van der Waals surface area (Å²) in [5, 5.41) is 3.00. The van der Waals surface area contributed by atoms with Crippen LogP contribution in [0.3, 0.4) is 0 Å². The number of esters is 1. The molecule has 1 fully saturated rings. The Morgan fingerprint density at radius 1 is 1.09 bits per heavy atom. The largest absolute Gasteiger partial charge is 0.497 e. The van der Waals surface area contributed by atoms with E-state index in [2.05, 4.69) is 5.32 Å². The molecule has 1 aliphatic heterocycles. The molecule has 1 unspecified atom stereocenters. The fourth-order valence-corrected chi connectivity index (χ4v) is 3.81. The van der Waals surface area contributed by atoms with Crippen LogP contribution in [0.1, 0.15) is 49.0 Å². The van der Waals surface area contributed by atoms with Crippen molar-refractivity contribution in [1.82, 2.24) is 0 Å². The smallest absolute Gasteiger partial charge is 0.341 e. The lowest BCUT2D eigenvalue weighted by molar-refractivity contribution is -0.125. The molecule has 7 nitrogen and oxygen atoms in total. The van der Waals surface area contributed by atoms with Crippen LogP contribution in [-0.2, 0) is 19.7 Å². The van der Waals surface area contributed by atoms with E-state index in [4.69, 9.17) is 18.9 Å². The highest BCUT2D eigenvalue weighted by Gasteiger charge is 2.41. The van der Waals surface area contributed by atoms with Gasteiger partial charge in [0, 0.05) is 18.9 Å². The first-order chi connectivity index (χ1) is 15.4. The van der Waals surface area contributed by atoms with Crippen LogP contribution in [0.25, 0.3) is 0 Å². The minimum atomic E-state index is -0.734. The maximum Gasteiger partial charge on any atom is 0.341 e. The van der Waals surface area contributed by atoms with Gasteiger partial charge in [-0.05, 0) is 62.1 Å². The molecule has 7 heteroatoms. The number of carbonyl (C=O) groups is 2. The molecule has 0 spiro atoms. The lowest BCUT2D eigenvalue weighted by Gasteiger charge is -2.36. The van der Waals surface area contributed by atoms with Gasteiger partial charge in [-0.1, -0.05) is 19.1 Å². The monoisotopic (exact) mass is 441 g/mol. The van der Waals surface area contributed by atoms with E-state index < -0.39 is 11.4 Å². The molecule has 0 radical (unpaired) electrons. The Labute approximate surface area is 189 Å². The van der Waals surface area contributed by atoms with Crippen LogP contribution in [0.15, 0.2) is 42.5 Å². The maximum absolute atomic E-state index is 13.6. The zero-order chi connectivity index (χ0) is 23.1. The maximum atomic E-state index is 13.6. The Morgan fingerprint density at radius 2 is 1.78 bits per heavy atom. The molecule has 0 saturated carbocycles. The van der Waals surface area contributed by atoms with Gasteiger partial charge in [0.25, 0.3) is 0 Å². The normalized spacial score (nSPS) is 16.0. The number of anilines is 1. The molecule has 3 rings (SSSR count). The zero-order valence-corrected chi connectivity index (χ0v) is 19.1. The van der Waals surface area contributed by atoms with E-state index in [0.29, 0.717) is 37.5 Å². The molecule has 2 aromatic carbocycles. The molecule has 1 saturated heterocycles. The summed E-state index contributed by atoms with van der Waals surface area (Å²) >= 11 is 0. The van der Waals surface area contributed by atoms with Gasteiger partial charge in [-0.15, -0.1) is 0 Å². The number of carbonyl (C=O) groups excluding carboxylic acids is 2. The molecule has 1 amide bonds. The molecule has 0 aliphatic carbocycles. The van der Waals surface area contributed by atoms with Crippen molar-refractivity contribution < 1.29 is 28.5 Å². The van der Waals surface area contributed by atoms with Crippen molar-refractivity contribution >= 4 is 17.6 Å². The summed E-state index contributed by atoms with van der Waals surface area (Å²) < 4.78 is 21.6. The Bertz CT molecular complexity index is 934. The molecule has 32 heavy (non-hydrogen) atoms. The Hall–Kier alpha value is -3.06. The topological polar surface area (TPSA) is 83.1 Å². The van der Waals surface area contributed by atoms with Crippen molar-refractivity contribution in [2.24, 2.45) is 0 Å². The molecule has 2 aromatic rings. The van der Waals surface area contributed by atoms with Crippen LogP contribution < -0.4 is 14.8 Å². The van der Waals surface area contributed by atoms with Gasteiger partial charge in [0.15, 0.2) is 0 Å². The predicted molar refractivity (Wildman–Crippen MR) is 122 cm³/mol. The van der Waals surface area contributed by atoms with E-state index >= 15 is 0 Å². The van der Waals surface area contributed by atoms with E-state index in [1.165, 1.54) is 7.11 Å². The van der Waals surface area contributed by atoms with Gasteiger partial charge in [-0.2, -0.15) is 0 Å². The van der Waals surface area contributed by atoms with Crippen molar-refractivity contribution in [3.05, 3.63) is 53.6 Å². The fraction of sp³-hybridized carbons (Fsp3) is 0.440. The van der Waals surface area contributed by atoms with Gasteiger partial charge in [0.05, 0.1) is 25.7 Å². The first-order valence-electron chi connectivity index (χ1n) is 10.9. The minimum absolute atomic E-state index is 0.0561. The summed E-state index contributed by atoms with van der Waals surface area (Å²) in [6.45, 7) is 4.92. The molecule has 1 N–H and O–H groups in total. The van der Waals surface area contributed by atoms with Crippen LogP contribution in [0.5, 0.6) is 11.5 Å². The van der Waals surface area contributed by atoms with E-state index in [1.807, 2.05) is 38.1 Å². The summed E-state index contributed by atoms with van der Waals surface area (Å²) in [4.78, 5) is 25.9. The summed E-state index contributed by atoms with van der Waals surface area (Å²) in [5.41, 5.74) is 0.952. The summed E-state index contributed by atoms with van der Waals surface area (Å²) in [6.07, 6.45) is 1.86. The number of rotatable bonds is 8. The average Bonchev–Trinajstić information content (AvgIpc) is 2.84. The first-order valence-corrected chi connectivity index (χ1v) is 10.9. The number of amides is 1. The van der Waals surface area contributed by atoms with Gasteiger partial charge >= 0.3 is 5.97 Å². The molecule has 1 atom stereocenters. The number of hydrogen-bond donors (Lipinski definition) is 1. The van der Waals surface area contributed by atoms with Crippen molar-refractivity contribution in [3.63, 3.8) is 0 Å². The van der Waals surface area contributed by atoms with Gasteiger partial charge in [-0.25, -0.2) is 4.79 Å². The molecular weight excluding hydrogens is 410 g/mol. The average molecular weight is 442 g/mol. The van der Waals surface area contributed by atoms with E-state index in [0.717, 1.165) is 17.7 Å². The van der Waals surface area contributed by atoms with E-state index in [9.17, 15) is 9.59 Å². The third-order valence-electron chi connectivity index (χ3n) is 5.97. The van der Waals surface area contributed by atoms with Gasteiger partial charge in [-0.3, -0.25) is 4.79 Å². The van der Waals surface area contributed by atoms with Crippen molar-refractivity contribution in [3.8, 4) is 11.5 Å². The molecule has 0 bridgehead atoms. The van der Waals surface area contributed by atoms with Crippen LogP contribution >= 0.6 is 0 Å². The Kier molecular flexibility index (Phi) is 7.75. The molecule has 172 valence electrons.